The van der Waals surface area contributed by atoms with Gasteiger partial charge >= 0.3 is 5.97 Å². The van der Waals surface area contributed by atoms with Gasteiger partial charge in [0.1, 0.15) is 10.7 Å². The fraction of sp³-hybridized carbons (Fsp3) is 0.429. The Morgan fingerprint density at radius 2 is 1.85 bits per heavy atom. The Labute approximate surface area is 160 Å². The average molecular weight is 374 g/mol. The fourth-order valence-electron chi connectivity index (χ4n) is 2.65. The van der Waals surface area contributed by atoms with E-state index < -0.39 is 0 Å². The van der Waals surface area contributed by atoms with Gasteiger partial charge in [-0.1, -0.05) is 50.3 Å². The second-order valence-corrected chi connectivity index (χ2v) is 7.06. The van der Waals surface area contributed by atoms with Gasteiger partial charge in [-0.25, -0.2) is 0 Å². The van der Waals surface area contributed by atoms with Crippen LogP contribution in [0.25, 0.3) is 10.8 Å². The molecule has 5 heteroatoms. The zero-order chi connectivity index (χ0) is 18.9. The molecule has 0 fully saturated rings. The molecule has 2 aromatic rings. The van der Waals surface area contributed by atoms with E-state index in [0.29, 0.717) is 18.9 Å². The summed E-state index contributed by atoms with van der Waals surface area (Å²) in [4.78, 5) is 11.8. The van der Waals surface area contributed by atoms with Crippen molar-refractivity contribution in [2.75, 3.05) is 20.3 Å². The zero-order valence-electron chi connectivity index (χ0n) is 15.7. The molecule has 0 heterocycles. The van der Waals surface area contributed by atoms with Gasteiger partial charge in [-0.2, -0.15) is 0 Å². The summed E-state index contributed by atoms with van der Waals surface area (Å²) in [5.74, 6) is 1.19. The number of rotatable bonds is 9. The summed E-state index contributed by atoms with van der Waals surface area (Å²) in [6, 6.07) is 12.2. The van der Waals surface area contributed by atoms with Crippen molar-refractivity contribution < 1.29 is 14.3 Å². The van der Waals surface area contributed by atoms with E-state index in [1.54, 1.807) is 0 Å². The van der Waals surface area contributed by atoms with E-state index in [2.05, 4.69) is 36.0 Å². The number of fused-ring (bicyclic) bond motifs is 1. The van der Waals surface area contributed by atoms with Crippen LogP contribution in [0.4, 0.5) is 0 Å². The Bertz CT molecular complexity index is 758. The van der Waals surface area contributed by atoms with Crippen LogP contribution in [0.2, 0.25) is 0 Å². The molecule has 26 heavy (non-hydrogen) atoms. The van der Waals surface area contributed by atoms with Crippen molar-refractivity contribution in [1.29, 1.82) is 0 Å². The quantitative estimate of drug-likeness (QED) is 0.399. The Hall–Kier alpha value is -2.14. The number of hydrogen-bond acceptors (Lipinski definition) is 4. The van der Waals surface area contributed by atoms with E-state index in [1.165, 1.54) is 7.11 Å². The lowest BCUT2D eigenvalue weighted by Gasteiger charge is -2.15. The third kappa shape index (κ3) is 5.70. The smallest absolute Gasteiger partial charge is 0.305 e. The maximum Gasteiger partial charge on any atom is 0.305 e. The minimum absolute atomic E-state index is 0.171. The van der Waals surface area contributed by atoms with Gasteiger partial charge in [-0.05, 0) is 36.3 Å². The Balaban J connectivity index is 2.03. The van der Waals surface area contributed by atoms with Crippen molar-refractivity contribution in [2.45, 2.75) is 33.1 Å². The van der Waals surface area contributed by atoms with Crippen LogP contribution >= 0.6 is 12.2 Å². The molecule has 0 amide bonds. The van der Waals surface area contributed by atoms with Crippen molar-refractivity contribution >= 4 is 33.9 Å². The number of unbranched alkanes of at least 4 members (excludes halogenated alkanes) is 1. The summed E-state index contributed by atoms with van der Waals surface area (Å²) >= 11 is 5.58. The molecule has 0 aromatic heterocycles. The lowest BCUT2D eigenvalue weighted by Crippen LogP contribution is -2.23. The third-order valence-electron chi connectivity index (χ3n) is 4.02. The van der Waals surface area contributed by atoms with Gasteiger partial charge in [0.25, 0.3) is 0 Å². The molecule has 0 bridgehead atoms. The Morgan fingerprint density at radius 3 is 2.54 bits per heavy atom. The summed E-state index contributed by atoms with van der Waals surface area (Å²) in [6.45, 7) is 5.69. The SMILES string of the molecule is COC(=O)CCCCNC(=S)c1ccc(OCC(C)C)c2ccccc12. The normalized spacial score (nSPS) is 10.8. The maximum absolute atomic E-state index is 11.1. The minimum atomic E-state index is -0.171. The predicted octanol–water partition coefficient (Wildman–Crippen LogP) is 4.48. The van der Waals surface area contributed by atoms with Gasteiger partial charge in [-0.3, -0.25) is 4.79 Å². The predicted molar refractivity (Wildman–Crippen MR) is 110 cm³/mol. The minimum Gasteiger partial charge on any atom is -0.493 e. The van der Waals surface area contributed by atoms with E-state index in [9.17, 15) is 4.79 Å². The second-order valence-electron chi connectivity index (χ2n) is 6.65. The van der Waals surface area contributed by atoms with Crippen LogP contribution < -0.4 is 10.1 Å². The lowest BCUT2D eigenvalue weighted by atomic mass is 10.0. The van der Waals surface area contributed by atoms with E-state index in [4.69, 9.17) is 17.0 Å². The first-order valence-electron chi connectivity index (χ1n) is 9.02. The molecule has 4 nitrogen and oxygen atoms in total. The highest BCUT2D eigenvalue weighted by molar-refractivity contribution is 7.80. The molecule has 0 aliphatic heterocycles. The highest BCUT2D eigenvalue weighted by atomic mass is 32.1. The number of carbonyl (C=O) groups is 1. The molecule has 0 aliphatic rings. The standard InChI is InChI=1S/C21H27NO3S/c1-15(2)14-25-19-12-11-18(16-8-4-5-9-17(16)19)21(26)22-13-7-6-10-20(23)24-3/h4-5,8-9,11-12,15H,6-7,10,13-14H2,1-3H3,(H,22,26). The van der Waals surface area contributed by atoms with Crippen molar-refractivity contribution in [2.24, 2.45) is 5.92 Å². The van der Waals surface area contributed by atoms with E-state index in [1.807, 2.05) is 24.3 Å². The molecule has 2 rings (SSSR count). The van der Waals surface area contributed by atoms with Crippen LogP contribution in [0, 0.1) is 5.92 Å². The van der Waals surface area contributed by atoms with Crippen LogP contribution in [0.5, 0.6) is 5.75 Å². The molecule has 0 saturated carbocycles. The molecule has 1 N–H and O–H groups in total. The summed E-state index contributed by atoms with van der Waals surface area (Å²) in [5.41, 5.74) is 1.00. The first-order valence-corrected chi connectivity index (χ1v) is 9.43. The third-order valence-corrected chi connectivity index (χ3v) is 4.39. The molecule has 140 valence electrons. The Kier molecular flexibility index (Phi) is 7.85. The van der Waals surface area contributed by atoms with Crippen LogP contribution in [-0.2, 0) is 9.53 Å². The summed E-state index contributed by atoms with van der Waals surface area (Å²) < 4.78 is 10.6. The van der Waals surface area contributed by atoms with Gasteiger partial charge in [0.05, 0.1) is 13.7 Å². The number of methoxy groups -OCH3 is 1. The van der Waals surface area contributed by atoms with Crippen LogP contribution in [-0.4, -0.2) is 31.2 Å². The topological polar surface area (TPSA) is 47.6 Å². The van der Waals surface area contributed by atoms with Gasteiger partial charge < -0.3 is 14.8 Å². The van der Waals surface area contributed by atoms with Gasteiger partial charge in [0.2, 0.25) is 0 Å². The molecule has 2 aromatic carbocycles. The zero-order valence-corrected chi connectivity index (χ0v) is 16.5. The van der Waals surface area contributed by atoms with Crippen molar-refractivity contribution in [3.63, 3.8) is 0 Å². The molecule has 0 atom stereocenters. The molecule has 0 saturated heterocycles. The van der Waals surface area contributed by atoms with Crippen LogP contribution in [0.3, 0.4) is 0 Å². The summed E-state index contributed by atoms with van der Waals surface area (Å²) in [6.07, 6.45) is 2.09. The number of carbonyl (C=O) groups excluding carboxylic acids is 1. The van der Waals surface area contributed by atoms with Crippen molar-refractivity contribution in [1.82, 2.24) is 5.32 Å². The molecule has 0 spiro atoms. The first-order chi connectivity index (χ1) is 12.5. The van der Waals surface area contributed by atoms with Crippen molar-refractivity contribution in [3.8, 4) is 5.75 Å². The molecular weight excluding hydrogens is 346 g/mol. The van der Waals surface area contributed by atoms with Crippen LogP contribution in [0.1, 0.15) is 38.7 Å². The number of esters is 1. The van der Waals surface area contributed by atoms with E-state index in [-0.39, 0.29) is 5.97 Å². The molecule has 0 unspecified atom stereocenters. The Morgan fingerprint density at radius 1 is 1.12 bits per heavy atom. The largest absolute Gasteiger partial charge is 0.493 e. The number of thiocarbonyl (C=S) groups is 1. The highest BCUT2D eigenvalue weighted by Crippen LogP contribution is 2.29. The van der Waals surface area contributed by atoms with E-state index >= 15 is 0 Å². The molecular formula is C21H27NO3S. The van der Waals surface area contributed by atoms with Crippen molar-refractivity contribution in [3.05, 3.63) is 42.0 Å². The number of benzene rings is 2. The van der Waals surface area contributed by atoms with Crippen LogP contribution in [0.15, 0.2) is 36.4 Å². The number of ether oxygens (including phenoxy) is 2. The van der Waals surface area contributed by atoms with Gasteiger partial charge in [0, 0.05) is 23.9 Å². The lowest BCUT2D eigenvalue weighted by molar-refractivity contribution is -0.140. The van der Waals surface area contributed by atoms with Gasteiger partial charge in [-0.15, -0.1) is 0 Å². The monoisotopic (exact) mass is 373 g/mol. The summed E-state index contributed by atoms with van der Waals surface area (Å²) in [7, 11) is 1.41. The summed E-state index contributed by atoms with van der Waals surface area (Å²) in [5, 5.41) is 5.45. The molecule has 0 aliphatic carbocycles. The molecule has 0 radical (unpaired) electrons. The van der Waals surface area contributed by atoms with Gasteiger partial charge in [0.15, 0.2) is 0 Å². The fourth-order valence-corrected chi connectivity index (χ4v) is 2.93. The number of hydrogen-bond donors (Lipinski definition) is 1. The average Bonchev–Trinajstić information content (AvgIpc) is 2.65. The van der Waals surface area contributed by atoms with E-state index in [0.717, 1.165) is 46.5 Å². The second kappa shape index (κ2) is 10.1. The maximum atomic E-state index is 11.1. The number of nitrogens with one attached hydrogen (secondary N) is 1. The highest BCUT2D eigenvalue weighted by Gasteiger charge is 2.10. The first kappa shape index (κ1) is 20.2.